The molecule has 0 unspecified atom stereocenters. The van der Waals surface area contributed by atoms with Crippen molar-refractivity contribution in [2.75, 3.05) is 11.8 Å². The third-order valence-corrected chi connectivity index (χ3v) is 6.60. The Labute approximate surface area is 192 Å². The van der Waals surface area contributed by atoms with Crippen LogP contribution in [0.25, 0.3) is 5.57 Å². The number of fused-ring (bicyclic) bond motifs is 1. The van der Waals surface area contributed by atoms with Crippen molar-refractivity contribution in [3.8, 4) is 5.88 Å². The first-order valence-corrected chi connectivity index (χ1v) is 11.7. The van der Waals surface area contributed by atoms with Gasteiger partial charge in [0.1, 0.15) is 28.1 Å². The van der Waals surface area contributed by atoms with Crippen LogP contribution in [0.5, 0.6) is 5.88 Å². The Morgan fingerprint density at radius 3 is 2.79 bits per heavy atom. The zero-order chi connectivity index (χ0) is 23.6. The predicted molar refractivity (Wildman–Crippen MR) is 121 cm³/mol. The Kier molecular flexibility index (Phi) is 6.29. The van der Waals surface area contributed by atoms with Crippen molar-refractivity contribution >= 4 is 45.0 Å². The molecule has 170 valence electrons. The maximum Gasteiger partial charge on any atom is 0.264 e. The number of allylic oxidation sites excluding steroid dienone is 2. The standard InChI is InChI=1S/C21H16F2N4O4S2/c1-31-21-17(26-33(29,30)18-6-5-15(22)10-16(18)23)9-14(11-24-21)13-4-7-19-25-32-8-2-3-20(28)27(19)12-13/h2,4-12,26H,3H2,1H3/b8-2-,25-19?. The lowest BCUT2D eigenvalue weighted by Crippen LogP contribution is -2.32. The Bertz CT molecular complexity index is 1350. The summed E-state index contributed by atoms with van der Waals surface area (Å²) in [6.07, 6.45) is 8.27. The molecule has 1 aromatic heterocycles. The molecule has 0 bridgehead atoms. The van der Waals surface area contributed by atoms with E-state index < -0.39 is 26.6 Å². The number of anilines is 1. The van der Waals surface area contributed by atoms with Crippen molar-refractivity contribution in [1.82, 2.24) is 9.88 Å². The van der Waals surface area contributed by atoms with Crippen LogP contribution in [0.4, 0.5) is 14.5 Å². The summed E-state index contributed by atoms with van der Waals surface area (Å²) in [5, 5.41) is 1.73. The number of carbonyl (C=O) groups excluding carboxylic acids is 1. The first kappa shape index (κ1) is 22.7. The lowest BCUT2D eigenvalue weighted by atomic mass is 10.1. The average Bonchev–Trinajstić information content (AvgIpc) is 2.77. The van der Waals surface area contributed by atoms with Gasteiger partial charge in [-0.3, -0.25) is 14.4 Å². The number of pyridine rings is 1. The number of hydrogen-bond acceptors (Lipinski definition) is 7. The van der Waals surface area contributed by atoms with E-state index in [-0.39, 0.29) is 23.9 Å². The van der Waals surface area contributed by atoms with Crippen LogP contribution in [0.15, 0.2) is 69.6 Å². The average molecular weight is 491 g/mol. The Morgan fingerprint density at radius 2 is 2.03 bits per heavy atom. The Morgan fingerprint density at radius 1 is 1.21 bits per heavy atom. The second-order valence-corrected chi connectivity index (χ2v) is 9.09. The Hall–Kier alpha value is -3.51. The van der Waals surface area contributed by atoms with Crippen LogP contribution in [0.1, 0.15) is 12.0 Å². The highest BCUT2D eigenvalue weighted by Gasteiger charge is 2.24. The summed E-state index contributed by atoms with van der Waals surface area (Å²) in [7, 11) is -3.12. The summed E-state index contributed by atoms with van der Waals surface area (Å²) in [6, 6.07) is 3.58. The molecule has 0 spiro atoms. The highest BCUT2D eigenvalue weighted by molar-refractivity contribution is 8.01. The lowest BCUT2D eigenvalue weighted by Gasteiger charge is -2.23. The quantitative estimate of drug-likeness (QED) is 0.639. The van der Waals surface area contributed by atoms with Crippen LogP contribution in [0.2, 0.25) is 0 Å². The van der Waals surface area contributed by atoms with Crippen molar-refractivity contribution in [3.63, 3.8) is 0 Å². The van der Waals surface area contributed by atoms with Crippen molar-refractivity contribution < 1.29 is 26.7 Å². The number of rotatable bonds is 5. The number of nitrogens with zero attached hydrogens (tertiary/aromatic N) is 3. The molecule has 4 rings (SSSR count). The van der Waals surface area contributed by atoms with E-state index in [2.05, 4.69) is 14.1 Å². The number of amides is 1. The van der Waals surface area contributed by atoms with Crippen LogP contribution in [0.3, 0.4) is 0 Å². The molecule has 33 heavy (non-hydrogen) atoms. The second kappa shape index (κ2) is 9.16. The number of aromatic nitrogens is 1. The minimum Gasteiger partial charge on any atom is -0.480 e. The first-order chi connectivity index (χ1) is 15.8. The fraction of sp³-hybridized carbons (Fsp3) is 0.0952. The topological polar surface area (TPSA) is 101 Å². The highest BCUT2D eigenvalue weighted by atomic mass is 32.2. The van der Waals surface area contributed by atoms with Gasteiger partial charge in [-0.1, -0.05) is 6.08 Å². The Balaban J connectivity index is 1.70. The number of methoxy groups -OCH3 is 1. The smallest absolute Gasteiger partial charge is 0.264 e. The number of hydrogen-bond donors (Lipinski definition) is 1. The zero-order valence-corrected chi connectivity index (χ0v) is 18.7. The van der Waals surface area contributed by atoms with Gasteiger partial charge in [0.25, 0.3) is 10.0 Å². The van der Waals surface area contributed by atoms with Crippen LogP contribution >= 0.6 is 11.9 Å². The van der Waals surface area contributed by atoms with E-state index in [9.17, 15) is 22.0 Å². The summed E-state index contributed by atoms with van der Waals surface area (Å²) in [5.41, 5.74) is 0.951. The van der Waals surface area contributed by atoms with Gasteiger partial charge in [0, 0.05) is 48.0 Å². The molecule has 1 amide bonds. The number of benzene rings is 1. The van der Waals surface area contributed by atoms with E-state index in [4.69, 9.17) is 4.74 Å². The van der Waals surface area contributed by atoms with Gasteiger partial charge >= 0.3 is 0 Å². The summed E-state index contributed by atoms with van der Waals surface area (Å²) < 4.78 is 64.3. The van der Waals surface area contributed by atoms with Gasteiger partial charge in [-0.15, -0.1) is 0 Å². The minimum absolute atomic E-state index is 0.0589. The molecular weight excluding hydrogens is 474 g/mol. The van der Waals surface area contributed by atoms with Crippen molar-refractivity contribution in [1.29, 1.82) is 0 Å². The number of carbonyl (C=O) groups is 1. The molecule has 1 aromatic carbocycles. The molecule has 0 fully saturated rings. The van der Waals surface area contributed by atoms with E-state index in [1.807, 2.05) is 0 Å². The fourth-order valence-corrected chi connectivity index (χ4v) is 4.66. The van der Waals surface area contributed by atoms with Crippen molar-refractivity contribution in [3.05, 3.63) is 77.5 Å². The normalized spacial score (nSPS) is 16.8. The second-order valence-electron chi connectivity index (χ2n) is 6.77. The maximum atomic E-state index is 14.1. The minimum atomic E-state index is -4.42. The molecule has 2 aliphatic rings. The highest BCUT2D eigenvalue weighted by Crippen LogP contribution is 2.31. The molecule has 0 saturated carbocycles. The molecule has 0 radical (unpaired) electrons. The predicted octanol–water partition coefficient (Wildman–Crippen LogP) is 3.87. The number of halogens is 2. The molecule has 12 heteroatoms. The van der Waals surface area contributed by atoms with Gasteiger partial charge in [0.05, 0.1) is 7.11 Å². The van der Waals surface area contributed by atoms with Gasteiger partial charge in [-0.2, -0.15) is 4.40 Å². The molecule has 2 aromatic rings. The molecule has 8 nitrogen and oxygen atoms in total. The fourth-order valence-electron chi connectivity index (χ4n) is 3.05. The molecule has 1 N–H and O–H groups in total. The number of amidine groups is 1. The largest absolute Gasteiger partial charge is 0.480 e. The molecule has 3 heterocycles. The van der Waals surface area contributed by atoms with Crippen molar-refractivity contribution in [2.24, 2.45) is 4.40 Å². The molecular formula is C21H16F2N4O4S2. The van der Waals surface area contributed by atoms with Crippen molar-refractivity contribution in [2.45, 2.75) is 11.3 Å². The van der Waals surface area contributed by atoms with Crippen LogP contribution < -0.4 is 9.46 Å². The van der Waals surface area contributed by atoms with E-state index in [0.29, 0.717) is 23.0 Å². The summed E-state index contributed by atoms with van der Waals surface area (Å²) in [5.74, 6) is -1.94. The molecule has 2 aliphatic heterocycles. The van der Waals surface area contributed by atoms with Crippen LogP contribution in [0, 0.1) is 11.6 Å². The lowest BCUT2D eigenvalue weighted by molar-refractivity contribution is -0.124. The third kappa shape index (κ3) is 4.81. The third-order valence-electron chi connectivity index (χ3n) is 4.60. The van der Waals surface area contributed by atoms with E-state index >= 15 is 0 Å². The van der Waals surface area contributed by atoms with Gasteiger partial charge in [0.15, 0.2) is 0 Å². The number of nitrogens with one attached hydrogen (secondary N) is 1. The number of sulfonamides is 1. The first-order valence-electron chi connectivity index (χ1n) is 9.41. The molecule has 0 saturated heterocycles. The monoisotopic (exact) mass is 490 g/mol. The summed E-state index contributed by atoms with van der Waals surface area (Å²) in [6.45, 7) is 0. The summed E-state index contributed by atoms with van der Waals surface area (Å²) in [4.78, 5) is 17.2. The molecule has 0 atom stereocenters. The SMILES string of the molecule is COc1ncc(C2=CN3C(=O)C/C=C\SN=C3C=C2)cc1NS(=O)(=O)c1ccc(F)cc1F. The van der Waals surface area contributed by atoms with Gasteiger partial charge < -0.3 is 4.74 Å². The van der Waals surface area contributed by atoms with E-state index in [0.717, 1.165) is 12.1 Å². The maximum absolute atomic E-state index is 14.1. The summed E-state index contributed by atoms with van der Waals surface area (Å²) >= 11 is 1.20. The van der Waals surface area contributed by atoms with E-state index in [1.165, 1.54) is 36.2 Å². The van der Waals surface area contributed by atoms with Gasteiger partial charge in [0.2, 0.25) is 11.8 Å². The van der Waals surface area contributed by atoms with Crippen LogP contribution in [-0.4, -0.2) is 37.2 Å². The molecule has 0 aliphatic carbocycles. The number of ether oxygens (including phenoxy) is 1. The van der Waals surface area contributed by atoms with Crippen LogP contribution in [-0.2, 0) is 14.8 Å². The van der Waals surface area contributed by atoms with Gasteiger partial charge in [-0.25, -0.2) is 22.2 Å². The van der Waals surface area contributed by atoms with E-state index in [1.54, 1.807) is 29.8 Å². The zero-order valence-electron chi connectivity index (χ0n) is 17.0. The van der Waals surface area contributed by atoms with Gasteiger partial charge in [-0.05, 0) is 35.8 Å².